The number of carbonyl (C=O) groups is 3. The predicted octanol–water partition coefficient (Wildman–Crippen LogP) is 1.09. The minimum atomic E-state index is -0.838. The fraction of sp³-hybridized carbons (Fsp3) is 0.727. The van der Waals surface area contributed by atoms with E-state index in [1.54, 1.807) is 20.8 Å². The summed E-state index contributed by atoms with van der Waals surface area (Å²) < 4.78 is 10.0. The van der Waals surface area contributed by atoms with E-state index < -0.39 is 23.9 Å². The Morgan fingerprint density at radius 2 is 1.94 bits per heavy atom. The monoisotopic (exact) mass is 243 g/mol. The van der Waals surface area contributed by atoms with Crippen LogP contribution in [0, 0.1) is 0 Å². The van der Waals surface area contributed by atoms with Gasteiger partial charge in [0.1, 0.15) is 5.60 Å². The number of esters is 1. The number of hydrogen-bond donors (Lipinski definition) is 0. The van der Waals surface area contributed by atoms with E-state index in [1.165, 1.54) is 6.92 Å². The molecule has 0 aromatic carbocycles. The summed E-state index contributed by atoms with van der Waals surface area (Å²) in [5.41, 5.74) is -0.649. The molecule has 6 heteroatoms. The number of rotatable bonds is 1. The summed E-state index contributed by atoms with van der Waals surface area (Å²) in [4.78, 5) is 35.0. The number of amides is 1. The Labute approximate surface area is 99.9 Å². The Kier molecular flexibility index (Phi) is 3.75. The SMILES string of the molecule is CC(=O)OC1CC(=O)CN1C(=O)OC(C)(C)C. The van der Waals surface area contributed by atoms with Crippen LogP contribution in [0.1, 0.15) is 34.1 Å². The second-order valence-corrected chi connectivity index (χ2v) is 4.92. The van der Waals surface area contributed by atoms with E-state index in [4.69, 9.17) is 9.47 Å². The van der Waals surface area contributed by atoms with Crippen LogP contribution in [0.4, 0.5) is 4.79 Å². The van der Waals surface area contributed by atoms with Crippen LogP contribution in [0.3, 0.4) is 0 Å². The van der Waals surface area contributed by atoms with Gasteiger partial charge in [-0.1, -0.05) is 0 Å². The highest BCUT2D eigenvalue weighted by molar-refractivity contribution is 5.88. The molecule has 17 heavy (non-hydrogen) atoms. The summed E-state index contributed by atoms with van der Waals surface area (Å²) in [5.74, 6) is -0.680. The third kappa shape index (κ3) is 4.05. The van der Waals surface area contributed by atoms with Gasteiger partial charge in [-0.3, -0.25) is 14.5 Å². The van der Waals surface area contributed by atoms with Crippen molar-refractivity contribution in [2.75, 3.05) is 6.54 Å². The zero-order chi connectivity index (χ0) is 13.2. The maximum Gasteiger partial charge on any atom is 0.413 e. The molecule has 0 spiro atoms. The Morgan fingerprint density at radius 3 is 2.41 bits per heavy atom. The fourth-order valence-electron chi connectivity index (χ4n) is 1.46. The van der Waals surface area contributed by atoms with Crippen LogP contribution in [0.5, 0.6) is 0 Å². The number of Topliss-reactive ketones (excluding diaryl/α,β-unsaturated/α-hetero) is 1. The molecule has 96 valence electrons. The van der Waals surface area contributed by atoms with Crippen LogP contribution < -0.4 is 0 Å². The lowest BCUT2D eigenvalue weighted by atomic mass is 10.2. The molecule has 0 bridgehead atoms. The van der Waals surface area contributed by atoms with E-state index in [9.17, 15) is 14.4 Å². The zero-order valence-corrected chi connectivity index (χ0v) is 10.5. The molecule has 1 fully saturated rings. The van der Waals surface area contributed by atoms with Gasteiger partial charge in [-0.05, 0) is 20.8 Å². The molecule has 1 saturated heterocycles. The van der Waals surface area contributed by atoms with Crippen LogP contribution in [-0.2, 0) is 19.1 Å². The largest absolute Gasteiger partial charge is 0.444 e. The molecule has 1 aliphatic rings. The third-order valence-corrected chi connectivity index (χ3v) is 2.03. The number of nitrogens with zero attached hydrogens (tertiary/aromatic N) is 1. The first kappa shape index (κ1) is 13.5. The topological polar surface area (TPSA) is 72.9 Å². The predicted molar refractivity (Wildman–Crippen MR) is 58.1 cm³/mol. The zero-order valence-electron chi connectivity index (χ0n) is 10.5. The van der Waals surface area contributed by atoms with Gasteiger partial charge in [0.2, 0.25) is 0 Å². The summed E-state index contributed by atoms with van der Waals surface area (Å²) in [6, 6.07) is 0. The highest BCUT2D eigenvalue weighted by atomic mass is 16.6. The fourth-order valence-corrected chi connectivity index (χ4v) is 1.46. The van der Waals surface area contributed by atoms with E-state index in [-0.39, 0.29) is 18.7 Å². The first-order valence-electron chi connectivity index (χ1n) is 5.37. The van der Waals surface area contributed by atoms with Gasteiger partial charge in [-0.25, -0.2) is 4.79 Å². The average molecular weight is 243 g/mol. The number of hydrogen-bond acceptors (Lipinski definition) is 5. The molecule has 1 amide bonds. The van der Waals surface area contributed by atoms with Crippen LogP contribution in [0.25, 0.3) is 0 Å². The second-order valence-electron chi connectivity index (χ2n) is 4.92. The van der Waals surface area contributed by atoms with Crippen molar-refractivity contribution in [1.29, 1.82) is 0 Å². The summed E-state index contributed by atoms with van der Waals surface area (Å²) in [6.07, 6.45) is -1.46. The molecular weight excluding hydrogens is 226 g/mol. The van der Waals surface area contributed by atoms with Gasteiger partial charge in [0.05, 0.1) is 13.0 Å². The smallest absolute Gasteiger partial charge is 0.413 e. The van der Waals surface area contributed by atoms with Crippen molar-refractivity contribution in [2.24, 2.45) is 0 Å². The summed E-state index contributed by atoms with van der Waals surface area (Å²) in [6.45, 7) is 6.33. The van der Waals surface area contributed by atoms with Gasteiger partial charge in [0, 0.05) is 6.92 Å². The van der Waals surface area contributed by atoms with Crippen molar-refractivity contribution < 1.29 is 23.9 Å². The molecule has 1 heterocycles. The lowest BCUT2D eigenvalue weighted by molar-refractivity contribution is -0.152. The van der Waals surface area contributed by atoms with E-state index >= 15 is 0 Å². The molecule has 0 radical (unpaired) electrons. The molecule has 0 aliphatic carbocycles. The Morgan fingerprint density at radius 1 is 1.35 bits per heavy atom. The van der Waals surface area contributed by atoms with Gasteiger partial charge >= 0.3 is 12.1 Å². The molecular formula is C11H17NO5. The van der Waals surface area contributed by atoms with Crippen LogP contribution >= 0.6 is 0 Å². The van der Waals surface area contributed by atoms with Gasteiger partial charge < -0.3 is 9.47 Å². The Balaban J connectivity index is 2.70. The average Bonchev–Trinajstić information content (AvgIpc) is 2.42. The van der Waals surface area contributed by atoms with Crippen LogP contribution in [-0.4, -0.2) is 41.1 Å². The third-order valence-electron chi connectivity index (χ3n) is 2.03. The van der Waals surface area contributed by atoms with Crippen molar-refractivity contribution in [3.05, 3.63) is 0 Å². The Hall–Kier alpha value is -1.59. The molecule has 0 N–H and O–H groups in total. The molecule has 6 nitrogen and oxygen atoms in total. The number of likely N-dealkylation sites (tertiary alicyclic amines) is 1. The molecule has 0 aromatic rings. The molecule has 1 rings (SSSR count). The number of ketones is 1. The van der Waals surface area contributed by atoms with E-state index in [0.717, 1.165) is 4.90 Å². The molecule has 1 unspecified atom stereocenters. The van der Waals surface area contributed by atoms with Gasteiger partial charge in [-0.15, -0.1) is 0 Å². The maximum atomic E-state index is 11.8. The highest BCUT2D eigenvalue weighted by Crippen LogP contribution is 2.19. The lowest BCUT2D eigenvalue weighted by Crippen LogP contribution is -2.41. The van der Waals surface area contributed by atoms with E-state index in [1.807, 2.05) is 0 Å². The molecule has 0 aromatic heterocycles. The van der Waals surface area contributed by atoms with Gasteiger partial charge in [-0.2, -0.15) is 0 Å². The van der Waals surface area contributed by atoms with Crippen molar-refractivity contribution in [1.82, 2.24) is 4.90 Å². The quantitative estimate of drug-likeness (QED) is 0.644. The van der Waals surface area contributed by atoms with Gasteiger partial charge in [0.25, 0.3) is 0 Å². The normalized spacial score (nSPS) is 20.4. The molecule has 1 atom stereocenters. The van der Waals surface area contributed by atoms with E-state index in [2.05, 4.69) is 0 Å². The Bertz CT molecular complexity index is 344. The number of carbonyl (C=O) groups excluding carboxylic acids is 3. The second kappa shape index (κ2) is 4.73. The van der Waals surface area contributed by atoms with Crippen molar-refractivity contribution >= 4 is 17.8 Å². The standard InChI is InChI=1S/C11H17NO5/c1-7(13)16-9-5-8(14)6-12(9)10(15)17-11(2,3)4/h9H,5-6H2,1-4H3. The van der Waals surface area contributed by atoms with Crippen molar-refractivity contribution in [3.8, 4) is 0 Å². The minimum absolute atomic E-state index is 0.0266. The summed E-state index contributed by atoms with van der Waals surface area (Å²) >= 11 is 0. The van der Waals surface area contributed by atoms with Crippen LogP contribution in [0.15, 0.2) is 0 Å². The highest BCUT2D eigenvalue weighted by Gasteiger charge is 2.38. The van der Waals surface area contributed by atoms with Crippen molar-refractivity contribution in [2.45, 2.75) is 45.9 Å². The first-order chi connectivity index (χ1) is 7.69. The summed E-state index contributed by atoms with van der Waals surface area (Å²) in [7, 11) is 0. The molecule has 1 aliphatic heterocycles. The van der Waals surface area contributed by atoms with E-state index in [0.29, 0.717) is 0 Å². The number of ether oxygens (including phenoxy) is 2. The van der Waals surface area contributed by atoms with Gasteiger partial charge in [0.15, 0.2) is 12.0 Å². The van der Waals surface area contributed by atoms with Crippen molar-refractivity contribution in [3.63, 3.8) is 0 Å². The maximum absolute atomic E-state index is 11.8. The van der Waals surface area contributed by atoms with Crippen LogP contribution in [0.2, 0.25) is 0 Å². The molecule has 0 saturated carbocycles. The lowest BCUT2D eigenvalue weighted by Gasteiger charge is -2.27. The minimum Gasteiger partial charge on any atom is -0.444 e. The summed E-state index contributed by atoms with van der Waals surface area (Å²) in [5, 5.41) is 0. The first-order valence-corrected chi connectivity index (χ1v) is 5.37.